The van der Waals surface area contributed by atoms with Crippen molar-refractivity contribution < 1.29 is 9.90 Å². The largest absolute Gasteiger partial charge is 0.481 e. The first-order chi connectivity index (χ1) is 9.61. The number of hydrogen-bond acceptors (Lipinski definition) is 5. The average Bonchev–Trinajstić information content (AvgIpc) is 2.79. The zero-order chi connectivity index (χ0) is 14.5. The van der Waals surface area contributed by atoms with E-state index >= 15 is 0 Å². The molecule has 1 aromatic heterocycles. The van der Waals surface area contributed by atoms with Crippen molar-refractivity contribution in [1.29, 1.82) is 5.26 Å². The van der Waals surface area contributed by atoms with Gasteiger partial charge >= 0.3 is 11.7 Å². The van der Waals surface area contributed by atoms with Gasteiger partial charge in [-0.3, -0.25) is 4.79 Å². The summed E-state index contributed by atoms with van der Waals surface area (Å²) in [6.07, 6.45) is 0.293. The van der Waals surface area contributed by atoms with Crippen LogP contribution in [0.15, 0.2) is 34.2 Å². The maximum Gasteiger partial charge on any atom is 0.348 e. The van der Waals surface area contributed by atoms with E-state index in [4.69, 9.17) is 10.4 Å². The molecule has 1 aromatic carbocycles. The Balaban J connectivity index is 2.32. The highest BCUT2D eigenvalue weighted by Crippen LogP contribution is 2.17. The van der Waals surface area contributed by atoms with Gasteiger partial charge < -0.3 is 5.11 Å². The molecule has 0 radical (unpaired) electrons. The number of thioether (sulfide) groups is 1. The molecule has 0 fully saturated rings. The molecule has 8 heteroatoms. The van der Waals surface area contributed by atoms with Crippen molar-refractivity contribution >= 4 is 17.7 Å². The van der Waals surface area contributed by atoms with E-state index in [9.17, 15) is 9.59 Å². The summed E-state index contributed by atoms with van der Waals surface area (Å²) in [5.74, 6) is -1.17. The molecule has 0 bridgehead atoms. The van der Waals surface area contributed by atoms with Crippen LogP contribution in [0.1, 0.15) is 5.56 Å². The average molecular weight is 290 g/mol. The number of carboxylic acid groups (broad SMARTS) is 1. The smallest absolute Gasteiger partial charge is 0.348 e. The van der Waals surface area contributed by atoms with Crippen LogP contribution in [0.5, 0.6) is 0 Å². The van der Waals surface area contributed by atoms with Crippen LogP contribution in [0.3, 0.4) is 0 Å². The summed E-state index contributed by atoms with van der Waals surface area (Å²) in [6.45, 7) is 0. The molecule has 20 heavy (non-hydrogen) atoms. The van der Waals surface area contributed by atoms with E-state index in [2.05, 4.69) is 10.2 Å². The van der Waals surface area contributed by atoms with Crippen molar-refractivity contribution in [1.82, 2.24) is 14.8 Å². The summed E-state index contributed by atoms with van der Waals surface area (Å²) in [4.78, 5) is 22.3. The van der Waals surface area contributed by atoms with Gasteiger partial charge in [0.1, 0.15) is 0 Å². The molecule has 0 saturated carbocycles. The molecule has 2 N–H and O–H groups in total. The van der Waals surface area contributed by atoms with E-state index < -0.39 is 11.7 Å². The van der Waals surface area contributed by atoms with Crippen LogP contribution in [0.25, 0.3) is 5.69 Å². The second-order valence-corrected chi connectivity index (χ2v) is 4.77. The lowest BCUT2D eigenvalue weighted by Crippen LogP contribution is -2.15. The summed E-state index contributed by atoms with van der Waals surface area (Å²) in [7, 11) is 0. The van der Waals surface area contributed by atoms with Crippen molar-refractivity contribution in [2.24, 2.45) is 0 Å². The fourth-order valence-corrected chi connectivity index (χ4v) is 2.27. The van der Waals surface area contributed by atoms with Crippen LogP contribution in [0.2, 0.25) is 0 Å². The second kappa shape index (κ2) is 6.08. The molecule has 1 heterocycles. The predicted octanol–water partition coefficient (Wildman–Crippen LogP) is 0.803. The van der Waals surface area contributed by atoms with Gasteiger partial charge in [-0.15, -0.1) is 5.10 Å². The Hall–Kier alpha value is -2.53. The van der Waals surface area contributed by atoms with Crippen molar-refractivity contribution in [2.75, 3.05) is 5.75 Å². The first kappa shape index (κ1) is 13.9. The summed E-state index contributed by atoms with van der Waals surface area (Å²) in [6, 6.07) is 8.89. The number of carbonyl (C=O) groups is 1. The van der Waals surface area contributed by atoms with Gasteiger partial charge in [0.25, 0.3) is 0 Å². The van der Waals surface area contributed by atoms with Crippen LogP contribution in [-0.2, 0) is 11.2 Å². The molecule has 2 rings (SSSR count). The lowest BCUT2D eigenvalue weighted by Gasteiger charge is -2.05. The van der Waals surface area contributed by atoms with Crippen LogP contribution in [-0.4, -0.2) is 31.6 Å². The van der Waals surface area contributed by atoms with Crippen molar-refractivity contribution in [3.05, 3.63) is 40.3 Å². The number of nitrogens with zero attached hydrogens (tertiary/aromatic N) is 3. The molecular formula is C12H10N4O3S. The number of benzene rings is 1. The Kier molecular flexibility index (Phi) is 4.22. The van der Waals surface area contributed by atoms with Crippen molar-refractivity contribution in [3.8, 4) is 11.8 Å². The van der Waals surface area contributed by atoms with Gasteiger partial charge in [-0.25, -0.2) is 14.5 Å². The number of carboxylic acids is 1. The third-order valence-electron chi connectivity index (χ3n) is 2.44. The normalized spacial score (nSPS) is 10.2. The Morgan fingerprint density at radius 3 is 2.75 bits per heavy atom. The second-order valence-electron chi connectivity index (χ2n) is 3.83. The molecule has 2 aromatic rings. The number of H-pyrrole nitrogens is 1. The first-order valence-corrected chi connectivity index (χ1v) is 6.58. The molecule has 0 aliphatic carbocycles. The highest BCUT2D eigenvalue weighted by Gasteiger charge is 2.12. The molecule has 0 atom stereocenters. The van der Waals surface area contributed by atoms with Gasteiger partial charge in [0.15, 0.2) is 5.16 Å². The fraction of sp³-hybridized carbons (Fsp3) is 0.167. The molecule has 0 amide bonds. The van der Waals surface area contributed by atoms with Crippen LogP contribution in [0.4, 0.5) is 0 Å². The zero-order valence-corrected chi connectivity index (χ0v) is 11.1. The molecule has 0 saturated heterocycles. The van der Waals surface area contributed by atoms with Crippen molar-refractivity contribution in [3.63, 3.8) is 0 Å². The summed E-state index contributed by atoms with van der Waals surface area (Å²) in [5.41, 5.74) is 0.969. The van der Waals surface area contributed by atoms with Gasteiger partial charge in [-0.05, 0) is 17.7 Å². The Bertz CT molecular complexity index is 712. The van der Waals surface area contributed by atoms with Crippen LogP contribution in [0, 0.1) is 11.3 Å². The maximum absolute atomic E-state index is 11.7. The SMILES string of the molecule is N#CCc1ccc(-n2c(SCC(=O)O)n[nH]c2=O)cc1. The van der Waals surface area contributed by atoms with E-state index in [1.165, 1.54) is 4.57 Å². The quantitative estimate of drug-likeness (QED) is 0.788. The van der Waals surface area contributed by atoms with Crippen LogP contribution >= 0.6 is 11.8 Å². The zero-order valence-electron chi connectivity index (χ0n) is 10.2. The van der Waals surface area contributed by atoms with Crippen molar-refractivity contribution in [2.45, 2.75) is 11.6 Å². The number of aliphatic carboxylic acids is 1. The fourth-order valence-electron chi connectivity index (χ4n) is 1.59. The predicted molar refractivity (Wildman–Crippen MR) is 71.9 cm³/mol. The lowest BCUT2D eigenvalue weighted by atomic mass is 10.1. The Labute approximate surface area is 117 Å². The molecule has 0 aliphatic heterocycles. The van der Waals surface area contributed by atoms with E-state index in [-0.39, 0.29) is 10.9 Å². The van der Waals surface area contributed by atoms with E-state index in [1.807, 2.05) is 6.07 Å². The molecular weight excluding hydrogens is 280 g/mol. The molecule has 0 spiro atoms. The Morgan fingerprint density at radius 1 is 1.45 bits per heavy atom. The molecule has 0 unspecified atom stereocenters. The minimum atomic E-state index is -0.985. The van der Waals surface area contributed by atoms with E-state index in [0.717, 1.165) is 17.3 Å². The number of nitriles is 1. The third-order valence-corrected chi connectivity index (χ3v) is 3.37. The molecule has 0 aliphatic rings. The molecule has 7 nitrogen and oxygen atoms in total. The third kappa shape index (κ3) is 3.07. The standard InChI is InChI=1S/C12H10N4O3S/c13-6-5-8-1-3-9(4-2-8)16-11(19)14-15-12(16)20-7-10(17)18/h1-4H,5,7H2,(H,14,19)(H,17,18). The highest BCUT2D eigenvalue weighted by molar-refractivity contribution is 7.99. The van der Waals surface area contributed by atoms with Crippen LogP contribution < -0.4 is 5.69 Å². The summed E-state index contributed by atoms with van der Waals surface area (Å²) in [5, 5.41) is 23.6. The summed E-state index contributed by atoms with van der Waals surface area (Å²) >= 11 is 0.954. The topological polar surface area (TPSA) is 112 Å². The molecule has 102 valence electrons. The van der Waals surface area contributed by atoms with Gasteiger partial charge in [0.2, 0.25) is 0 Å². The number of nitrogens with one attached hydrogen (secondary N) is 1. The lowest BCUT2D eigenvalue weighted by molar-refractivity contribution is -0.133. The number of aromatic amines is 1. The maximum atomic E-state index is 11.7. The minimum absolute atomic E-state index is 0.184. The first-order valence-electron chi connectivity index (χ1n) is 5.60. The van der Waals surface area contributed by atoms with Gasteiger partial charge in [0.05, 0.1) is 23.9 Å². The van der Waals surface area contributed by atoms with Gasteiger partial charge in [-0.1, -0.05) is 23.9 Å². The van der Waals surface area contributed by atoms with Gasteiger partial charge in [0, 0.05) is 0 Å². The highest BCUT2D eigenvalue weighted by atomic mass is 32.2. The minimum Gasteiger partial charge on any atom is -0.481 e. The number of hydrogen-bond donors (Lipinski definition) is 2. The monoisotopic (exact) mass is 290 g/mol. The summed E-state index contributed by atoms with van der Waals surface area (Å²) < 4.78 is 1.30. The van der Waals surface area contributed by atoms with E-state index in [1.54, 1.807) is 24.3 Å². The van der Waals surface area contributed by atoms with E-state index in [0.29, 0.717) is 12.1 Å². The Morgan fingerprint density at radius 2 is 2.15 bits per heavy atom. The number of rotatable bonds is 5. The van der Waals surface area contributed by atoms with Gasteiger partial charge in [-0.2, -0.15) is 5.26 Å². The number of aromatic nitrogens is 3.